The first-order valence-electron chi connectivity index (χ1n) is 12.5. The van der Waals surface area contributed by atoms with Gasteiger partial charge in [-0.1, -0.05) is 24.5 Å². The summed E-state index contributed by atoms with van der Waals surface area (Å²) in [4.78, 5) is 39.2. The van der Waals surface area contributed by atoms with Crippen LogP contribution < -0.4 is 25.4 Å². The molecule has 1 aliphatic heterocycles. The van der Waals surface area contributed by atoms with Crippen LogP contribution in [0.15, 0.2) is 24.4 Å². The zero-order valence-electron chi connectivity index (χ0n) is 20.8. The van der Waals surface area contributed by atoms with Gasteiger partial charge in [-0.15, -0.1) is 5.10 Å². The summed E-state index contributed by atoms with van der Waals surface area (Å²) in [6.07, 6.45) is 7.20. The van der Waals surface area contributed by atoms with Crippen LogP contribution >= 0.6 is 0 Å². The maximum absolute atomic E-state index is 13.3. The molecular weight excluding hydrogens is 464 g/mol. The van der Waals surface area contributed by atoms with Gasteiger partial charge in [0, 0.05) is 18.5 Å². The lowest BCUT2D eigenvalue weighted by atomic mass is 9.83. The van der Waals surface area contributed by atoms with E-state index in [-0.39, 0.29) is 30.2 Å². The minimum atomic E-state index is -0.779. The molecule has 1 aromatic heterocycles. The molecule has 11 nitrogen and oxygen atoms in total. The van der Waals surface area contributed by atoms with Gasteiger partial charge in [-0.05, 0) is 43.9 Å². The highest BCUT2D eigenvalue weighted by atomic mass is 16.5. The summed E-state index contributed by atoms with van der Waals surface area (Å²) in [5.41, 5.74) is 0.978. The van der Waals surface area contributed by atoms with Gasteiger partial charge in [0.1, 0.15) is 17.8 Å². The van der Waals surface area contributed by atoms with Crippen LogP contribution in [0.1, 0.15) is 61.5 Å². The van der Waals surface area contributed by atoms with Gasteiger partial charge < -0.3 is 25.4 Å². The lowest BCUT2D eigenvalue weighted by Gasteiger charge is -2.31. The SMILES string of the molecule is COc1ccc2cc1OCCCn1cc(nn1)CNC(=O)[C@@H](C)NC(=O)[C@H](C1CCCCC1)NC2=O. The molecule has 0 spiro atoms. The second-order valence-electron chi connectivity index (χ2n) is 9.34. The number of carbonyl (C=O) groups excluding carboxylic acids is 3. The van der Waals surface area contributed by atoms with E-state index in [1.807, 2.05) is 0 Å². The minimum absolute atomic E-state index is 0.00363. The molecule has 2 atom stereocenters. The van der Waals surface area contributed by atoms with Gasteiger partial charge in [-0.25, -0.2) is 0 Å². The highest BCUT2D eigenvalue weighted by molar-refractivity contribution is 5.99. The van der Waals surface area contributed by atoms with Crippen LogP contribution in [0, 0.1) is 5.92 Å². The second-order valence-corrected chi connectivity index (χ2v) is 9.34. The summed E-state index contributed by atoms with van der Waals surface area (Å²) in [5.74, 6) is -0.122. The number of hydrogen-bond acceptors (Lipinski definition) is 7. The number of nitrogens with zero attached hydrogens (tertiary/aromatic N) is 3. The maximum Gasteiger partial charge on any atom is 0.252 e. The van der Waals surface area contributed by atoms with Crippen LogP contribution in [0.2, 0.25) is 0 Å². The maximum atomic E-state index is 13.3. The van der Waals surface area contributed by atoms with Crippen LogP contribution in [0.5, 0.6) is 11.5 Å². The quantitative estimate of drug-likeness (QED) is 0.572. The van der Waals surface area contributed by atoms with Crippen LogP contribution in [0.4, 0.5) is 0 Å². The standard InChI is InChI=1S/C25H34N6O5/c1-16-23(32)26-14-19-15-31(30-29-19)11-6-12-36-21-13-18(9-10-20(21)35-2)24(33)28-22(25(34)27-16)17-7-4-3-5-8-17/h9-10,13,15-17,22H,3-8,11-12,14H2,1-2H3,(H,26,32)(H,27,34)(H,28,33)/t16-,22+/m1/s1. The molecule has 0 unspecified atom stereocenters. The average molecular weight is 499 g/mol. The van der Waals surface area contributed by atoms with E-state index in [0.29, 0.717) is 42.3 Å². The Labute approximate surface area is 210 Å². The molecule has 0 saturated heterocycles. The Balaban J connectivity index is 1.60. The molecule has 2 heterocycles. The number of hydrogen-bond donors (Lipinski definition) is 3. The number of aromatic nitrogens is 3. The van der Waals surface area contributed by atoms with Crippen LogP contribution in [-0.2, 0) is 22.7 Å². The molecule has 1 fully saturated rings. The van der Waals surface area contributed by atoms with Crippen molar-refractivity contribution in [1.29, 1.82) is 0 Å². The fourth-order valence-corrected chi connectivity index (χ4v) is 4.66. The van der Waals surface area contributed by atoms with Gasteiger partial charge in [0.15, 0.2) is 11.5 Å². The van der Waals surface area contributed by atoms with E-state index in [4.69, 9.17) is 9.47 Å². The first kappa shape index (κ1) is 25.5. The Morgan fingerprint density at radius 1 is 1.06 bits per heavy atom. The number of aryl methyl sites for hydroxylation is 1. The molecule has 4 rings (SSSR count). The molecular formula is C25H34N6O5. The molecule has 2 aliphatic rings. The van der Waals surface area contributed by atoms with Crippen molar-refractivity contribution < 1.29 is 23.9 Å². The molecule has 1 aromatic carbocycles. The summed E-state index contributed by atoms with van der Waals surface area (Å²) in [6.45, 7) is 2.76. The van der Waals surface area contributed by atoms with E-state index >= 15 is 0 Å². The van der Waals surface area contributed by atoms with E-state index in [0.717, 1.165) is 32.1 Å². The third kappa shape index (κ3) is 6.32. The third-order valence-electron chi connectivity index (χ3n) is 6.69. The topological polar surface area (TPSA) is 136 Å². The Bertz CT molecular complexity index is 1080. The predicted octanol–water partition coefficient (Wildman–Crippen LogP) is 1.57. The molecule has 2 aromatic rings. The molecule has 1 saturated carbocycles. The van der Waals surface area contributed by atoms with Crippen molar-refractivity contribution in [3.8, 4) is 11.5 Å². The number of methoxy groups -OCH3 is 1. The molecule has 194 valence electrons. The van der Waals surface area contributed by atoms with Crippen molar-refractivity contribution in [3.63, 3.8) is 0 Å². The zero-order valence-corrected chi connectivity index (χ0v) is 20.8. The average Bonchev–Trinajstić information content (AvgIpc) is 3.35. The lowest BCUT2D eigenvalue weighted by Crippen LogP contribution is -2.55. The number of amides is 3. The number of nitrogens with one attached hydrogen (secondary N) is 3. The fraction of sp³-hybridized carbons (Fsp3) is 0.560. The summed E-state index contributed by atoms with van der Waals surface area (Å²) in [5, 5.41) is 16.7. The monoisotopic (exact) mass is 498 g/mol. The van der Waals surface area contributed by atoms with E-state index in [2.05, 4.69) is 26.3 Å². The third-order valence-corrected chi connectivity index (χ3v) is 6.69. The Hall–Kier alpha value is -3.63. The Kier molecular flexibility index (Phi) is 8.40. The minimum Gasteiger partial charge on any atom is -0.493 e. The summed E-state index contributed by atoms with van der Waals surface area (Å²) in [6, 6.07) is 3.42. The Morgan fingerprint density at radius 2 is 1.86 bits per heavy atom. The molecule has 4 bridgehead atoms. The largest absolute Gasteiger partial charge is 0.493 e. The Morgan fingerprint density at radius 3 is 2.64 bits per heavy atom. The number of fused-ring (bicyclic) bond motifs is 4. The second kappa shape index (κ2) is 11.9. The van der Waals surface area contributed by atoms with E-state index in [1.54, 1.807) is 43.1 Å². The zero-order chi connectivity index (χ0) is 25.5. The summed E-state index contributed by atoms with van der Waals surface area (Å²) >= 11 is 0. The van der Waals surface area contributed by atoms with Gasteiger partial charge >= 0.3 is 0 Å². The summed E-state index contributed by atoms with van der Waals surface area (Å²) in [7, 11) is 1.54. The van der Waals surface area contributed by atoms with Crippen molar-refractivity contribution in [2.24, 2.45) is 5.92 Å². The van der Waals surface area contributed by atoms with Crippen molar-refractivity contribution in [3.05, 3.63) is 35.7 Å². The molecule has 3 N–H and O–H groups in total. The molecule has 3 amide bonds. The van der Waals surface area contributed by atoms with Gasteiger partial charge in [-0.3, -0.25) is 19.1 Å². The van der Waals surface area contributed by atoms with Crippen molar-refractivity contribution in [1.82, 2.24) is 30.9 Å². The van der Waals surface area contributed by atoms with Gasteiger partial charge in [0.2, 0.25) is 11.8 Å². The fourth-order valence-electron chi connectivity index (χ4n) is 4.66. The van der Waals surface area contributed by atoms with Crippen LogP contribution in [0.3, 0.4) is 0 Å². The highest BCUT2D eigenvalue weighted by Gasteiger charge is 2.33. The number of carbonyl (C=O) groups is 3. The van der Waals surface area contributed by atoms with Gasteiger partial charge in [-0.2, -0.15) is 0 Å². The number of rotatable bonds is 2. The van der Waals surface area contributed by atoms with Crippen molar-refractivity contribution in [2.45, 2.75) is 70.6 Å². The molecule has 36 heavy (non-hydrogen) atoms. The highest BCUT2D eigenvalue weighted by Crippen LogP contribution is 2.30. The van der Waals surface area contributed by atoms with Gasteiger partial charge in [0.25, 0.3) is 5.91 Å². The van der Waals surface area contributed by atoms with E-state index in [1.165, 1.54) is 0 Å². The van der Waals surface area contributed by atoms with E-state index in [9.17, 15) is 14.4 Å². The molecule has 0 radical (unpaired) electrons. The predicted molar refractivity (Wildman–Crippen MR) is 130 cm³/mol. The van der Waals surface area contributed by atoms with E-state index < -0.39 is 12.1 Å². The number of ether oxygens (including phenoxy) is 2. The van der Waals surface area contributed by atoms with Crippen LogP contribution in [0.25, 0.3) is 0 Å². The first-order chi connectivity index (χ1) is 17.4. The molecule has 1 aliphatic carbocycles. The smallest absolute Gasteiger partial charge is 0.252 e. The first-order valence-corrected chi connectivity index (χ1v) is 12.5. The summed E-state index contributed by atoms with van der Waals surface area (Å²) < 4.78 is 13.0. The van der Waals surface area contributed by atoms with Crippen molar-refractivity contribution in [2.75, 3.05) is 13.7 Å². The van der Waals surface area contributed by atoms with Gasteiger partial charge in [0.05, 0.1) is 26.5 Å². The lowest BCUT2D eigenvalue weighted by molar-refractivity contribution is -0.130. The van der Waals surface area contributed by atoms with Crippen molar-refractivity contribution >= 4 is 17.7 Å². The molecule has 11 heteroatoms. The normalized spacial score (nSPS) is 22.7. The number of benzene rings is 1. The van der Waals surface area contributed by atoms with Crippen LogP contribution in [-0.4, -0.2) is 58.5 Å².